The normalized spacial score (nSPS) is 12.8. The van der Waals surface area contributed by atoms with Crippen molar-refractivity contribution in [1.82, 2.24) is 0 Å². The predicted octanol–water partition coefficient (Wildman–Crippen LogP) is 13.6. The third kappa shape index (κ3) is 10.8. The van der Waals surface area contributed by atoms with Crippen LogP contribution in [-0.4, -0.2) is 38.9 Å². The van der Waals surface area contributed by atoms with Crippen molar-refractivity contribution in [1.29, 1.82) is 0 Å². The van der Waals surface area contributed by atoms with Crippen LogP contribution in [0.2, 0.25) is 0 Å². The maximum atomic E-state index is 12.5. The van der Waals surface area contributed by atoms with Gasteiger partial charge >= 0.3 is 0 Å². The third-order valence-corrected chi connectivity index (χ3v) is 14.1. The summed E-state index contributed by atoms with van der Waals surface area (Å²) in [6.45, 7) is 1.59. The van der Waals surface area contributed by atoms with E-state index in [1.165, 1.54) is 60.7 Å². The van der Waals surface area contributed by atoms with Gasteiger partial charge in [0.1, 0.15) is 32.5 Å². The zero-order valence-corrected chi connectivity index (χ0v) is 41.1. The van der Waals surface area contributed by atoms with Gasteiger partial charge in [0.2, 0.25) is 0 Å². The highest BCUT2D eigenvalue weighted by atomic mass is 32.2. The van der Waals surface area contributed by atoms with E-state index in [1.54, 1.807) is 79.7 Å². The van der Waals surface area contributed by atoms with Crippen molar-refractivity contribution in [3.05, 3.63) is 151 Å². The number of rotatable bonds is 13. The van der Waals surface area contributed by atoms with Gasteiger partial charge in [-0.25, -0.2) is 0 Å². The summed E-state index contributed by atoms with van der Waals surface area (Å²) < 4.78 is 103. The molecule has 0 unspecified atom stereocenters. The van der Waals surface area contributed by atoms with E-state index in [0.29, 0.717) is 44.2 Å². The zero-order chi connectivity index (χ0) is 53.4. The Hall–Kier alpha value is -9.31. The van der Waals surface area contributed by atoms with Crippen LogP contribution in [0.1, 0.15) is 5.56 Å². The first-order valence-electron chi connectivity index (χ1n) is 21.7. The summed E-state index contributed by atoms with van der Waals surface area (Å²) in [4.78, 5) is -1.15. The molecule has 0 aromatic heterocycles. The molecule has 0 atom stereocenters. The fourth-order valence-corrected chi connectivity index (χ4v) is 9.61. The molecule has 9 aromatic carbocycles. The van der Waals surface area contributed by atoms with Crippen molar-refractivity contribution in [2.45, 2.75) is 21.6 Å². The quantitative estimate of drug-likeness (QED) is 0.0321. The Morgan fingerprint density at radius 1 is 0.307 bits per heavy atom. The van der Waals surface area contributed by atoms with Crippen LogP contribution < -0.4 is 22.9 Å². The minimum atomic E-state index is -4.81. The summed E-state index contributed by atoms with van der Waals surface area (Å²) in [6, 6.07) is 36.2. The number of hydrogen-bond acceptors (Lipinski definition) is 20. The molecule has 9 rings (SSSR count). The molecular weight excluding hydrogens is 1020 g/mol. The van der Waals surface area contributed by atoms with E-state index in [2.05, 4.69) is 51.1 Å². The third-order valence-electron chi connectivity index (χ3n) is 11.5. The van der Waals surface area contributed by atoms with Crippen molar-refractivity contribution in [3.63, 3.8) is 0 Å². The number of hydrogen-bond donors (Lipinski definition) is 7. The van der Waals surface area contributed by atoms with E-state index in [1.807, 2.05) is 0 Å². The molecule has 376 valence electrons. The Balaban J connectivity index is 0.995. The van der Waals surface area contributed by atoms with Crippen molar-refractivity contribution in [2.75, 3.05) is 22.9 Å². The minimum Gasteiger partial charge on any atom is -0.397 e. The van der Waals surface area contributed by atoms with Gasteiger partial charge < -0.3 is 22.9 Å². The number of anilines is 4. The first-order chi connectivity index (χ1) is 35.6. The van der Waals surface area contributed by atoms with Gasteiger partial charge in [-0.1, -0.05) is 72.8 Å². The van der Waals surface area contributed by atoms with Crippen LogP contribution >= 0.6 is 0 Å². The Labute approximate surface area is 426 Å². The number of nitrogens with zero attached hydrogens (tertiary/aromatic N) is 10. The zero-order valence-electron chi connectivity index (χ0n) is 38.7. The number of benzene rings is 9. The van der Waals surface area contributed by atoms with Crippen LogP contribution in [0.3, 0.4) is 0 Å². The average Bonchev–Trinajstić information content (AvgIpc) is 3.36. The van der Waals surface area contributed by atoms with E-state index in [0.717, 1.165) is 12.1 Å². The van der Waals surface area contributed by atoms with Gasteiger partial charge in [-0.3, -0.25) is 13.7 Å². The molecule has 75 heavy (non-hydrogen) atoms. The lowest BCUT2D eigenvalue weighted by Gasteiger charge is -2.08. The van der Waals surface area contributed by atoms with Crippen LogP contribution in [0.25, 0.3) is 32.3 Å². The summed E-state index contributed by atoms with van der Waals surface area (Å²) in [5.41, 5.74) is 27.6. The molecule has 0 aliphatic rings. The van der Waals surface area contributed by atoms with Crippen LogP contribution in [0.4, 0.5) is 79.6 Å². The first-order valence-corrected chi connectivity index (χ1v) is 26.0. The van der Waals surface area contributed by atoms with Crippen LogP contribution in [0.5, 0.6) is 0 Å². The summed E-state index contributed by atoms with van der Waals surface area (Å²) in [5, 5.41) is 45.7. The maximum Gasteiger partial charge on any atom is 0.295 e. The second-order valence-corrected chi connectivity index (χ2v) is 20.6. The molecule has 11 N–H and O–H groups in total. The lowest BCUT2D eigenvalue weighted by molar-refractivity contribution is 0.481. The molecule has 0 fully saturated rings. The van der Waals surface area contributed by atoms with E-state index in [9.17, 15) is 38.9 Å². The fraction of sp³-hybridized carbons (Fsp3) is 0.0204. The van der Waals surface area contributed by atoms with E-state index < -0.39 is 35.2 Å². The summed E-state index contributed by atoms with van der Waals surface area (Å²) in [5.74, 6) is 0. The van der Waals surface area contributed by atoms with Gasteiger partial charge in [0.05, 0.1) is 61.8 Å². The highest BCUT2D eigenvalue weighted by Gasteiger charge is 2.20. The molecule has 9 aromatic rings. The molecule has 0 amide bonds. The number of nitrogen functional groups attached to an aromatic ring is 4. The molecule has 0 aliphatic carbocycles. The van der Waals surface area contributed by atoms with Crippen LogP contribution in [0.15, 0.2) is 211 Å². The lowest BCUT2D eigenvalue weighted by Crippen LogP contribution is -1.98. The monoisotopic (exact) mass is 1060 g/mol. The van der Waals surface area contributed by atoms with E-state index in [-0.39, 0.29) is 83.1 Å². The van der Waals surface area contributed by atoms with Gasteiger partial charge in [0.15, 0.2) is 0 Å². The number of nitrogens with two attached hydrogens (primary N) is 4. The van der Waals surface area contributed by atoms with Gasteiger partial charge in [0, 0.05) is 37.9 Å². The van der Waals surface area contributed by atoms with Crippen LogP contribution in [-0.2, 0) is 30.4 Å². The molecule has 0 bridgehead atoms. The van der Waals surface area contributed by atoms with Crippen LogP contribution in [0, 0.1) is 6.92 Å². The molecule has 0 aliphatic heterocycles. The highest BCUT2D eigenvalue weighted by Crippen LogP contribution is 2.42. The second-order valence-electron chi connectivity index (χ2n) is 16.4. The highest BCUT2D eigenvalue weighted by molar-refractivity contribution is 7.86. The molecular formula is C49H38N14O9S3. The molecule has 0 radical (unpaired) electrons. The molecule has 0 saturated carbocycles. The smallest absolute Gasteiger partial charge is 0.295 e. The Kier molecular flexibility index (Phi) is 13.5. The largest absolute Gasteiger partial charge is 0.397 e. The fourth-order valence-electron chi connectivity index (χ4n) is 7.70. The Morgan fingerprint density at radius 2 is 0.560 bits per heavy atom. The first kappa shape index (κ1) is 50.6. The molecule has 0 spiro atoms. The summed E-state index contributed by atoms with van der Waals surface area (Å²) in [6.07, 6.45) is 0. The Bertz CT molecular complexity index is 4360. The van der Waals surface area contributed by atoms with Gasteiger partial charge in [0.25, 0.3) is 30.4 Å². The van der Waals surface area contributed by atoms with Crippen molar-refractivity contribution in [2.24, 2.45) is 51.1 Å². The van der Waals surface area contributed by atoms with Crippen molar-refractivity contribution >= 4 is 142 Å². The number of azo groups is 5. The molecule has 0 saturated heterocycles. The van der Waals surface area contributed by atoms with E-state index >= 15 is 0 Å². The van der Waals surface area contributed by atoms with Crippen molar-refractivity contribution in [3.8, 4) is 0 Å². The topological polar surface area (TPSA) is 391 Å². The van der Waals surface area contributed by atoms with Crippen molar-refractivity contribution < 1.29 is 38.9 Å². The summed E-state index contributed by atoms with van der Waals surface area (Å²) in [7, 11) is -13.9. The maximum absolute atomic E-state index is 12.5. The molecule has 0 heterocycles. The molecule has 26 heteroatoms. The average molecular weight is 1060 g/mol. The standard InChI is InChI=1S/C49H38N14O9S3/c1-26-42(20-27(73(64,65)66)21-43(26)59-63-47-25-46(36(52)23-37(47)53)62-57-41-17-19-49(75(70,71)72)33-13-7-5-11-31(33)41)58-54-38-14-15-39(29-9-3-2-8-28(29)38)55-60-44-24-45(35(51)22-34(44)50)61-56-40-16-18-48(74(67,68)69)32-12-6-4-10-30(32)40/h2-25H,50-53H2,1H3,(H,64,65,66)(H,67,68,69)(H,70,71,72). The van der Waals surface area contributed by atoms with Gasteiger partial charge in [-0.15, -0.1) is 40.9 Å². The van der Waals surface area contributed by atoms with E-state index in [4.69, 9.17) is 22.9 Å². The minimum absolute atomic E-state index is 0.00835. The summed E-state index contributed by atoms with van der Waals surface area (Å²) >= 11 is 0. The predicted molar refractivity (Wildman–Crippen MR) is 284 cm³/mol. The van der Waals surface area contributed by atoms with Gasteiger partial charge in [-0.05, 0) is 79.7 Å². The lowest BCUT2D eigenvalue weighted by atomic mass is 10.1. The molecule has 23 nitrogen and oxygen atoms in total. The van der Waals surface area contributed by atoms with Gasteiger partial charge in [-0.2, -0.15) is 35.5 Å². The Morgan fingerprint density at radius 3 is 0.853 bits per heavy atom. The second kappa shape index (κ2) is 19.9. The number of fused-ring (bicyclic) bond motifs is 3. The SMILES string of the molecule is Cc1c(N=Nc2cc(N=Nc3ccc(S(=O)(=O)O)c4ccccc34)c(N)cc2N)cc(S(=O)(=O)O)cc1N=Nc1ccc(N=Nc2cc(N=Nc3ccc(S(=O)(=O)O)c4ccccc34)c(N)cc2N)c2ccccc12.